The minimum atomic E-state index is 0.508. The number of rotatable bonds is 7. The van der Waals surface area contributed by atoms with Crippen LogP contribution in [-0.2, 0) is 0 Å². The van der Waals surface area contributed by atoms with Crippen molar-refractivity contribution in [3.05, 3.63) is 96.8 Å². The van der Waals surface area contributed by atoms with Crippen molar-refractivity contribution in [3.63, 3.8) is 0 Å². The molecule has 3 aromatic rings. The van der Waals surface area contributed by atoms with Crippen molar-refractivity contribution >= 4 is 11.6 Å². The van der Waals surface area contributed by atoms with E-state index in [9.17, 15) is 0 Å². The smallest absolute Gasteiger partial charge is 0.226 e. The second-order valence-corrected chi connectivity index (χ2v) is 5.96. The summed E-state index contributed by atoms with van der Waals surface area (Å²) >= 11 is 0. The summed E-state index contributed by atoms with van der Waals surface area (Å²) in [5, 5.41) is 0. The van der Waals surface area contributed by atoms with Crippen LogP contribution in [0.3, 0.4) is 0 Å². The molecule has 4 heteroatoms. The number of aliphatic imine (C=N–C) groups is 1. The highest BCUT2D eigenvalue weighted by molar-refractivity contribution is 5.96. The fraction of sp³-hybridized carbons (Fsp3) is 0.125. The zero-order valence-corrected chi connectivity index (χ0v) is 16.0. The lowest BCUT2D eigenvalue weighted by Crippen LogP contribution is -2.12. The van der Waals surface area contributed by atoms with E-state index in [-0.39, 0.29) is 0 Å². The maximum atomic E-state index is 6.08. The van der Waals surface area contributed by atoms with Crippen LogP contribution in [0.2, 0.25) is 0 Å². The molecule has 0 fully saturated rings. The summed E-state index contributed by atoms with van der Waals surface area (Å²) in [5.41, 5.74) is 1.67. The first-order valence-corrected chi connectivity index (χ1v) is 9.15. The summed E-state index contributed by atoms with van der Waals surface area (Å²) in [6.07, 6.45) is 2.39. The van der Waals surface area contributed by atoms with Crippen molar-refractivity contribution in [2.75, 3.05) is 7.11 Å². The van der Waals surface area contributed by atoms with Crippen molar-refractivity contribution in [2.45, 2.75) is 13.3 Å². The Balaban J connectivity index is 1.88. The van der Waals surface area contributed by atoms with Crippen molar-refractivity contribution in [1.29, 1.82) is 0 Å². The second-order valence-electron chi connectivity index (χ2n) is 5.96. The Morgan fingerprint density at radius 3 is 2.00 bits per heavy atom. The highest BCUT2D eigenvalue weighted by Crippen LogP contribution is 2.21. The molecule has 0 atom stereocenters. The highest BCUT2D eigenvalue weighted by Gasteiger charge is 2.10. The summed E-state index contributed by atoms with van der Waals surface area (Å²) in [5.74, 6) is 2.73. The van der Waals surface area contributed by atoms with E-state index < -0.39 is 0 Å². The minimum Gasteiger partial charge on any atom is -0.497 e. The first kappa shape index (κ1) is 19.2. The van der Waals surface area contributed by atoms with Crippen LogP contribution in [0.25, 0.3) is 0 Å². The predicted octanol–water partition coefficient (Wildman–Crippen LogP) is 6.18. The van der Waals surface area contributed by atoms with Gasteiger partial charge in [0.05, 0.1) is 19.1 Å². The number of para-hydroxylation sites is 2. The van der Waals surface area contributed by atoms with Crippen LogP contribution in [0.5, 0.6) is 17.2 Å². The third-order valence-corrected chi connectivity index (χ3v) is 4.00. The van der Waals surface area contributed by atoms with Gasteiger partial charge < -0.3 is 14.2 Å². The van der Waals surface area contributed by atoms with Crippen molar-refractivity contribution in [1.82, 2.24) is 0 Å². The van der Waals surface area contributed by atoms with E-state index in [0.717, 1.165) is 22.8 Å². The molecule has 0 bridgehead atoms. The van der Waals surface area contributed by atoms with Gasteiger partial charge in [0.15, 0.2) is 0 Å². The summed E-state index contributed by atoms with van der Waals surface area (Å²) < 4.78 is 17.1. The molecule has 3 rings (SSSR count). The number of methoxy groups -OCH3 is 1. The van der Waals surface area contributed by atoms with Gasteiger partial charge in [0, 0.05) is 5.57 Å². The average molecular weight is 373 g/mol. The quantitative estimate of drug-likeness (QED) is 0.282. The summed E-state index contributed by atoms with van der Waals surface area (Å²) in [6, 6.07) is 26.8. The third-order valence-electron chi connectivity index (χ3n) is 4.00. The number of hydrogen-bond acceptors (Lipinski definition) is 4. The number of hydrogen-bond donors (Lipinski definition) is 0. The summed E-state index contributed by atoms with van der Waals surface area (Å²) in [7, 11) is 1.64. The van der Waals surface area contributed by atoms with E-state index in [1.807, 2.05) is 91.9 Å². The maximum Gasteiger partial charge on any atom is 0.226 e. The lowest BCUT2D eigenvalue weighted by Gasteiger charge is -2.12. The molecule has 0 heterocycles. The molecule has 0 N–H and O–H groups in total. The minimum absolute atomic E-state index is 0.508. The van der Waals surface area contributed by atoms with Gasteiger partial charge in [0.25, 0.3) is 0 Å². The zero-order chi connectivity index (χ0) is 19.6. The molecule has 28 heavy (non-hydrogen) atoms. The van der Waals surface area contributed by atoms with Crippen LogP contribution in [-0.4, -0.2) is 13.0 Å². The molecular weight excluding hydrogens is 350 g/mol. The topological polar surface area (TPSA) is 40.0 Å². The largest absolute Gasteiger partial charge is 0.497 e. The van der Waals surface area contributed by atoms with Gasteiger partial charge in [0.1, 0.15) is 17.2 Å². The predicted molar refractivity (Wildman–Crippen MR) is 113 cm³/mol. The van der Waals surface area contributed by atoms with Crippen LogP contribution in [0.15, 0.2) is 102 Å². The van der Waals surface area contributed by atoms with E-state index >= 15 is 0 Å². The fourth-order valence-corrected chi connectivity index (χ4v) is 2.46. The molecule has 0 saturated carbocycles. The van der Waals surface area contributed by atoms with Crippen LogP contribution in [0.1, 0.15) is 13.3 Å². The molecule has 0 amide bonds. The van der Waals surface area contributed by atoms with Crippen LogP contribution >= 0.6 is 0 Å². The van der Waals surface area contributed by atoms with Crippen molar-refractivity contribution in [3.8, 4) is 17.2 Å². The molecule has 0 spiro atoms. The molecule has 0 aliphatic carbocycles. The third kappa shape index (κ3) is 5.48. The summed E-state index contributed by atoms with van der Waals surface area (Å²) in [4.78, 5) is 4.69. The number of nitrogens with zero attached hydrogens (tertiary/aromatic N) is 1. The first-order chi connectivity index (χ1) is 13.8. The molecule has 142 valence electrons. The van der Waals surface area contributed by atoms with Gasteiger partial charge in [-0.15, -0.1) is 0 Å². The molecule has 0 aliphatic heterocycles. The van der Waals surface area contributed by atoms with Gasteiger partial charge in [-0.3, -0.25) is 0 Å². The Hall–Kier alpha value is -3.53. The lowest BCUT2D eigenvalue weighted by atomic mass is 10.2. The van der Waals surface area contributed by atoms with E-state index in [1.165, 1.54) is 0 Å². The van der Waals surface area contributed by atoms with Crippen LogP contribution in [0.4, 0.5) is 5.69 Å². The average Bonchev–Trinajstić information content (AvgIpc) is 2.76. The monoisotopic (exact) mass is 373 g/mol. The molecule has 0 unspecified atom stereocenters. The molecule has 0 aliphatic rings. The van der Waals surface area contributed by atoms with Crippen LogP contribution < -0.4 is 14.2 Å². The van der Waals surface area contributed by atoms with Gasteiger partial charge in [-0.1, -0.05) is 43.3 Å². The fourth-order valence-electron chi connectivity index (χ4n) is 2.46. The van der Waals surface area contributed by atoms with Gasteiger partial charge >= 0.3 is 0 Å². The van der Waals surface area contributed by atoms with Crippen molar-refractivity contribution in [2.24, 2.45) is 4.99 Å². The number of ether oxygens (including phenoxy) is 3. The molecular formula is C24H23NO3. The Labute approximate surface area is 165 Å². The van der Waals surface area contributed by atoms with Crippen molar-refractivity contribution < 1.29 is 14.2 Å². The first-order valence-electron chi connectivity index (χ1n) is 9.15. The van der Waals surface area contributed by atoms with E-state index in [0.29, 0.717) is 18.1 Å². The number of benzene rings is 3. The SMILES string of the molecule is CCC(=COc1ccc(OC)cc1)C(=Nc1ccccc1)Oc1ccccc1. The normalized spacial score (nSPS) is 11.8. The van der Waals surface area contributed by atoms with Gasteiger partial charge in [-0.25, -0.2) is 4.99 Å². The Morgan fingerprint density at radius 1 is 0.786 bits per heavy atom. The summed E-state index contributed by atoms with van der Waals surface area (Å²) in [6.45, 7) is 2.04. The van der Waals surface area contributed by atoms with Crippen LogP contribution in [0, 0.1) is 0 Å². The van der Waals surface area contributed by atoms with E-state index in [4.69, 9.17) is 19.2 Å². The van der Waals surface area contributed by atoms with Gasteiger partial charge in [-0.05, 0) is 55.0 Å². The van der Waals surface area contributed by atoms with E-state index in [1.54, 1.807) is 13.4 Å². The standard InChI is InChI=1S/C24H23NO3/c1-3-19(18-27-22-16-14-21(26-2)15-17-22)24(25-20-10-6-4-7-11-20)28-23-12-8-5-9-13-23/h4-18H,3H2,1-2H3. The van der Waals surface area contributed by atoms with Gasteiger partial charge in [-0.2, -0.15) is 0 Å². The zero-order valence-electron chi connectivity index (χ0n) is 16.0. The van der Waals surface area contributed by atoms with Gasteiger partial charge in [0.2, 0.25) is 5.90 Å². The van der Waals surface area contributed by atoms with E-state index in [2.05, 4.69) is 0 Å². The second kappa shape index (κ2) is 9.97. The Morgan fingerprint density at radius 2 is 1.39 bits per heavy atom. The maximum absolute atomic E-state index is 6.08. The lowest BCUT2D eigenvalue weighted by molar-refractivity contribution is 0.412. The Kier molecular flexibility index (Phi) is 6.85. The molecule has 0 aromatic heterocycles. The molecule has 0 radical (unpaired) electrons. The molecule has 4 nitrogen and oxygen atoms in total. The molecule has 3 aromatic carbocycles. The Bertz CT molecular complexity index is 917. The highest BCUT2D eigenvalue weighted by atomic mass is 16.5. The molecule has 0 saturated heterocycles.